The van der Waals surface area contributed by atoms with Gasteiger partial charge in [0.25, 0.3) is 0 Å². The SMILES string of the molecule is Cc1cc(F)ccc1-c1nnc2c(C)c(C)c(Cl)nn12. The van der Waals surface area contributed by atoms with E-state index < -0.39 is 0 Å². The zero-order valence-corrected chi connectivity index (χ0v) is 12.0. The van der Waals surface area contributed by atoms with Gasteiger partial charge in [-0.3, -0.25) is 0 Å². The minimum absolute atomic E-state index is 0.280. The van der Waals surface area contributed by atoms with Crippen LogP contribution in [0.4, 0.5) is 4.39 Å². The first-order chi connectivity index (χ1) is 9.49. The summed E-state index contributed by atoms with van der Waals surface area (Å²) in [7, 11) is 0. The van der Waals surface area contributed by atoms with Crippen LogP contribution in [0.3, 0.4) is 0 Å². The second-order valence-electron chi connectivity index (χ2n) is 4.76. The van der Waals surface area contributed by atoms with Crippen molar-refractivity contribution >= 4 is 17.2 Å². The Kier molecular flexibility index (Phi) is 2.94. The Morgan fingerprint density at radius 3 is 2.55 bits per heavy atom. The third-order valence-corrected chi connectivity index (χ3v) is 3.82. The van der Waals surface area contributed by atoms with Crippen molar-refractivity contribution < 1.29 is 4.39 Å². The molecule has 4 nitrogen and oxygen atoms in total. The monoisotopic (exact) mass is 290 g/mol. The predicted molar refractivity (Wildman–Crippen MR) is 75.4 cm³/mol. The third-order valence-electron chi connectivity index (χ3n) is 3.47. The largest absolute Gasteiger partial charge is 0.207 e. The molecule has 0 N–H and O–H groups in total. The van der Waals surface area contributed by atoms with Gasteiger partial charge >= 0.3 is 0 Å². The lowest BCUT2D eigenvalue weighted by atomic mass is 10.1. The molecule has 3 aromatic rings. The predicted octanol–water partition coefficient (Wildman–Crippen LogP) is 3.51. The second kappa shape index (κ2) is 4.52. The van der Waals surface area contributed by atoms with Crippen LogP contribution in [-0.4, -0.2) is 19.8 Å². The highest BCUT2D eigenvalue weighted by atomic mass is 35.5. The summed E-state index contributed by atoms with van der Waals surface area (Å²) in [6.07, 6.45) is 0. The topological polar surface area (TPSA) is 43.1 Å². The van der Waals surface area contributed by atoms with Crippen LogP contribution >= 0.6 is 11.6 Å². The van der Waals surface area contributed by atoms with Crippen LogP contribution < -0.4 is 0 Å². The molecule has 2 heterocycles. The Labute approximate surface area is 120 Å². The average Bonchev–Trinajstić information content (AvgIpc) is 2.80. The van der Waals surface area contributed by atoms with Crippen molar-refractivity contribution in [2.75, 3.05) is 0 Å². The van der Waals surface area contributed by atoms with Gasteiger partial charge in [0.05, 0.1) is 0 Å². The quantitative estimate of drug-likeness (QED) is 0.689. The average molecular weight is 291 g/mol. The first kappa shape index (κ1) is 13.0. The first-order valence-electron chi connectivity index (χ1n) is 6.13. The van der Waals surface area contributed by atoms with Gasteiger partial charge in [0.15, 0.2) is 16.6 Å². The normalized spacial score (nSPS) is 11.2. The van der Waals surface area contributed by atoms with Gasteiger partial charge in [-0.1, -0.05) is 11.6 Å². The summed E-state index contributed by atoms with van der Waals surface area (Å²) in [4.78, 5) is 0. The molecule has 0 bridgehead atoms. The van der Waals surface area contributed by atoms with E-state index in [0.29, 0.717) is 16.6 Å². The van der Waals surface area contributed by atoms with E-state index >= 15 is 0 Å². The van der Waals surface area contributed by atoms with E-state index in [1.165, 1.54) is 12.1 Å². The molecule has 0 atom stereocenters. The lowest BCUT2D eigenvalue weighted by Crippen LogP contribution is -2.01. The number of aromatic nitrogens is 4. The Morgan fingerprint density at radius 2 is 1.85 bits per heavy atom. The summed E-state index contributed by atoms with van der Waals surface area (Å²) in [5.41, 5.74) is 4.03. The molecular weight excluding hydrogens is 279 g/mol. The molecule has 0 aliphatic heterocycles. The maximum Gasteiger partial charge on any atom is 0.185 e. The molecule has 0 fully saturated rings. The fourth-order valence-electron chi connectivity index (χ4n) is 2.14. The first-order valence-corrected chi connectivity index (χ1v) is 6.51. The van der Waals surface area contributed by atoms with E-state index in [-0.39, 0.29) is 5.82 Å². The van der Waals surface area contributed by atoms with E-state index in [0.717, 1.165) is 22.3 Å². The van der Waals surface area contributed by atoms with Crippen molar-refractivity contribution in [3.8, 4) is 11.4 Å². The van der Waals surface area contributed by atoms with Gasteiger partial charge in [0, 0.05) is 11.1 Å². The van der Waals surface area contributed by atoms with Crippen molar-refractivity contribution in [2.45, 2.75) is 20.8 Å². The van der Waals surface area contributed by atoms with Gasteiger partial charge in [0.1, 0.15) is 5.82 Å². The molecule has 20 heavy (non-hydrogen) atoms. The van der Waals surface area contributed by atoms with Gasteiger partial charge in [-0.15, -0.1) is 10.2 Å². The number of halogens is 2. The number of aryl methyl sites for hydroxylation is 2. The van der Waals surface area contributed by atoms with E-state index in [2.05, 4.69) is 15.3 Å². The molecule has 0 amide bonds. The third kappa shape index (κ3) is 1.86. The lowest BCUT2D eigenvalue weighted by molar-refractivity contribution is 0.627. The minimum Gasteiger partial charge on any atom is -0.207 e. The number of nitrogens with zero attached hydrogens (tertiary/aromatic N) is 4. The highest BCUT2D eigenvalue weighted by Gasteiger charge is 2.16. The summed E-state index contributed by atoms with van der Waals surface area (Å²) < 4.78 is 14.8. The molecule has 6 heteroatoms. The molecule has 102 valence electrons. The zero-order chi connectivity index (χ0) is 14.4. The number of benzene rings is 1. The molecule has 1 aromatic carbocycles. The summed E-state index contributed by atoms with van der Waals surface area (Å²) in [6.45, 7) is 5.64. The van der Waals surface area contributed by atoms with Crippen LogP contribution in [0.15, 0.2) is 18.2 Å². The van der Waals surface area contributed by atoms with Gasteiger partial charge in [-0.05, 0) is 50.1 Å². The van der Waals surface area contributed by atoms with Crippen LogP contribution in [0.2, 0.25) is 5.15 Å². The van der Waals surface area contributed by atoms with Gasteiger partial charge in [-0.2, -0.15) is 9.61 Å². The van der Waals surface area contributed by atoms with E-state index in [9.17, 15) is 4.39 Å². The smallest absolute Gasteiger partial charge is 0.185 e. The minimum atomic E-state index is -0.280. The molecule has 3 rings (SSSR count). The highest BCUT2D eigenvalue weighted by molar-refractivity contribution is 6.30. The van der Waals surface area contributed by atoms with Gasteiger partial charge < -0.3 is 0 Å². The maximum absolute atomic E-state index is 13.2. The Bertz CT molecular complexity index is 826. The molecule has 2 aromatic heterocycles. The summed E-state index contributed by atoms with van der Waals surface area (Å²) in [5, 5.41) is 13.0. The molecule has 0 saturated heterocycles. The fourth-order valence-corrected chi connectivity index (χ4v) is 2.36. The van der Waals surface area contributed by atoms with Gasteiger partial charge in [0.2, 0.25) is 0 Å². The highest BCUT2D eigenvalue weighted by Crippen LogP contribution is 2.26. The maximum atomic E-state index is 13.2. The number of fused-ring (bicyclic) bond motifs is 1. The van der Waals surface area contributed by atoms with Crippen LogP contribution in [0, 0.1) is 26.6 Å². The molecule has 0 radical (unpaired) electrons. The number of hydrogen-bond donors (Lipinski definition) is 0. The number of rotatable bonds is 1. The zero-order valence-electron chi connectivity index (χ0n) is 11.3. The lowest BCUT2D eigenvalue weighted by Gasteiger charge is -2.06. The Hall–Kier alpha value is -2.01. The van der Waals surface area contributed by atoms with Crippen LogP contribution in [-0.2, 0) is 0 Å². The van der Waals surface area contributed by atoms with Crippen molar-refractivity contribution in [3.05, 3.63) is 45.9 Å². The molecular formula is C14H12ClFN4. The van der Waals surface area contributed by atoms with Crippen LogP contribution in [0.25, 0.3) is 17.0 Å². The fraction of sp³-hybridized carbons (Fsp3) is 0.214. The van der Waals surface area contributed by atoms with Crippen molar-refractivity contribution in [3.63, 3.8) is 0 Å². The van der Waals surface area contributed by atoms with Crippen LogP contribution in [0.5, 0.6) is 0 Å². The van der Waals surface area contributed by atoms with Crippen LogP contribution in [0.1, 0.15) is 16.7 Å². The van der Waals surface area contributed by atoms with Crippen molar-refractivity contribution in [1.29, 1.82) is 0 Å². The molecule has 0 aliphatic carbocycles. The van der Waals surface area contributed by atoms with E-state index in [1.807, 2.05) is 20.8 Å². The van der Waals surface area contributed by atoms with Crippen molar-refractivity contribution in [2.24, 2.45) is 0 Å². The Morgan fingerprint density at radius 1 is 1.10 bits per heavy atom. The summed E-state index contributed by atoms with van der Waals surface area (Å²) in [5.74, 6) is 0.278. The molecule has 0 saturated carbocycles. The second-order valence-corrected chi connectivity index (χ2v) is 5.12. The van der Waals surface area contributed by atoms with E-state index in [1.54, 1.807) is 10.6 Å². The van der Waals surface area contributed by atoms with E-state index in [4.69, 9.17) is 11.6 Å². The summed E-state index contributed by atoms with van der Waals surface area (Å²) in [6, 6.07) is 4.52. The standard InChI is InChI=1S/C14H12ClFN4/c1-7-6-10(16)4-5-11(7)14-18-17-13-9(3)8(2)12(15)19-20(13)14/h4-6H,1-3H3. The molecule has 0 spiro atoms. The van der Waals surface area contributed by atoms with Gasteiger partial charge in [-0.25, -0.2) is 4.39 Å². The molecule has 0 aliphatic rings. The molecule has 0 unspecified atom stereocenters. The Balaban J connectivity index is 2.33. The summed E-state index contributed by atoms with van der Waals surface area (Å²) >= 11 is 6.13. The number of hydrogen-bond acceptors (Lipinski definition) is 3. The van der Waals surface area contributed by atoms with Crippen molar-refractivity contribution in [1.82, 2.24) is 19.8 Å².